The number of hydrogen-bond donors (Lipinski definition) is 3. The number of halogens is 1. The minimum atomic E-state index is -0.576. The number of hydrogen-bond acceptors (Lipinski definition) is 4. The summed E-state index contributed by atoms with van der Waals surface area (Å²) in [5.41, 5.74) is 1.94. The molecule has 3 rings (SSSR count). The highest BCUT2D eigenvalue weighted by atomic mass is 127. The standard InChI is InChI=1S/C19H22N4OS.HI/c1-13-6-5-8-15(23-13)11-21-19(20-2)22-12-16(24)18-10-14-7-3-4-9-17(14)25-18;/h3-10,16,24H,11-12H2,1-2H3,(H2,20,21,22);1H. The molecule has 0 aliphatic rings. The summed E-state index contributed by atoms with van der Waals surface area (Å²) in [5, 5.41) is 18.0. The Bertz CT molecular complexity index is 848. The van der Waals surface area contributed by atoms with Crippen molar-refractivity contribution in [2.45, 2.75) is 19.6 Å². The molecule has 7 heteroatoms. The molecular formula is C19H23IN4OS. The lowest BCUT2D eigenvalue weighted by atomic mass is 10.2. The third-order valence-electron chi connectivity index (χ3n) is 3.84. The Labute approximate surface area is 174 Å². The molecule has 0 fully saturated rings. The molecule has 1 unspecified atom stereocenters. The first kappa shape index (κ1) is 20.6. The predicted octanol–water partition coefficient (Wildman–Crippen LogP) is 3.62. The normalized spacial score (nSPS) is 12.5. The number of aromatic nitrogens is 1. The van der Waals surface area contributed by atoms with Crippen LogP contribution in [0.15, 0.2) is 53.5 Å². The predicted molar refractivity (Wildman–Crippen MR) is 119 cm³/mol. The Morgan fingerprint density at radius 3 is 2.73 bits per heavy atom. The Hall–Kier alpha value is -1.71. The molecule has 26 heavy (non-hydrogen) atoms. The van der Waals surface area contributed by atoms with Crippen LogP contribution in [0.2, 0.25) is 0 Å². The van der Waals surface area contributed by atoms with Crippen molar-refractivity contribution in [2.24, 2.45) is 4.99 Å². The van der Waals surface area contributed by atoms with Crippen LogP contribution in [-0.4, -0.2) is 29.6 Å². The number of nitrogens with zero attached hydrogens (tertiary/aromatic N) is 2. The molecule has 1 atom stereocenters. The number of pyridine rings is 1. The van der Waals surface area contributed by atoms with Gasteiger partial charge in [-0.05, 0) is 36.6 Å². The molecule has 1 aromatic carbocycles. The van der Waals surface area contributed by atoms with Crippen LogP contribution >= 0.6 is 35.3 Å². The quantitative estimate of drug-likeness (QED) is 0.295. The molecule has 0 saturated carbocycles. The second-order valence-corrected chi connectivity index (χ2v) is 6.89. The van der Waals surface area contributed by atoms with E-state index in [-0.39, 0.29) is 24.0 Å². The zero-order valence-corrected chi connectivity index (χ0v) is 17.9. The van der Waals surface area contributed by atoms with Gasteiger partial charge in [0.15, 0.2) is 5.96 Å². The molecule has 3 N–H and O–H groups in total. The number of thiophene rings is 1. The van der Waals surface area contributed by atoms with Crippen LogP contribution in [0.3, 0.4) is 0 Å². The smallest absolute Gasteiger partial charge is 0.191 e. The molecule has 2 heterocycles. The van der Waals surface area contributed by atoms with Gasteiger partial charge in [-0.2, -0.15) is 0 Å². The van der Waals surface area contributed by atoms with Crippen molar-refractivity contribution in [1.29, 1.82) is 0 Å². The zero-order chi connectivity index (χ0) is 17.6. The maximum absolute atomic E-state index is 10.4. The molecule has 0 radical (unpaired) electrons. The first-order valence-corrected chi connectivity index (χ1v) is 9.01. The van der Waals surface area contributed by atoms with Gasteiger partial charge in [-0.3, -0.25) is 9.98 Å². The van der Waals surface area contributed by atoms with E-state index in [9.17, 15) is 5.11 Å². The van der Waals surface area contributed by atoms with Gasteiger partial charge in [0.1, 0.15) is 6.10 Å². The summed E-state index contributed by atoms with van der Waals surface area (Å²) >= 11 is 1.62. The first-order chi connectivity index (χ1) is 12.2. The molecule has 0 aliphatic heterocycles. The lowest BCUT2D eigenvalue weighted by Crippen LogP contribution is -2.39. The Morgan fingerprint density at radius 1 is 1.19 bits per heavy atom. The van der Waals surface area contributed by atoms with Gasteiger partial charge >= 0.3 is 0 Å². The lowest BCUT2D eigenvalue weighted by Gasteiger charge is -2.14. The Morgan fingerprint density at radius 2 is 2.00 bits per heavy atom. The summed E-state index contributed by atoms with van der Waals surface area (Å²) in [7, 11) is 1.71. The Kier molecular flexibility index (Phi) is 7.80. The van der Waals surface area contributed by atoms with Crippen molar-refractivity contribution in [3.8, 4) is 0 Å². The van der Waals surface area contributed by atoms with E-state index in [2.05, 4.69) is 32.7 Å². The van der Waals surface area contributed by atoms with E-state index < -0.39 is 6.10 Å². The van der Waals surface area contributed by atoms with Gasteiger partial charge < -0.3 is 15.7 Å². The fourth-order valence-corrected chi connectivity index (χ4v) is 3.60. The molecular weight excluding hydrogens is 459 g/mol. The number of guanidine groups is 1. The molecule has 0 saturated heterocycles. The minimum absolute atomic E-state index is 0. The highest BCUT2D eigenvalue weighted by Crippen LogP contribution is 2.29. The average Bonchev–Trinajstić information content (AvgIpc) is 3.06. The van der Waals surface area contributed by atoms with Gasteiger partial charge in [0.2, 0.25) is 0 Å². The van der Waals surface area contributed by atoms with Gasteiger partial charge in [-0.25, -0.2) is 0 Å². The average molecular weight is 482 g/mol. The van der Waals surface area contributed by atoms with Crippen molar-refractivity contribution in [2.75, 3.05) is 13.6 Å². The van der Waals surface area contributed by atoms with E-state index >= 15 is 0 Å². The summed E-state index contributed by atoms with van der Waals surface area (Å²) in [6.07, 6.45) is -0.576. The van der Waals surface area contributed by atoms with E-state index in [1.807, 2.05) is 43.3 Å². The topological polar surface area (TPSA) is 69.5 Å². The molecule has 0 aliphatic carbocycles. The largest absolute Gasteiger partial charge is 0.386 e. The summed E-state index contributed by atoms with van der Waals surface area (Å²) in [6, 6.07) is 16.1. The van der Waals surface area contributed by atoms with Gasteiger partial charge in [0.25, 0.3) is 0 Å². The molecule has 5 nitrogen and oxygen atoms in total. The fraction of sp³-hybridized carbons (Fsp3) is 0.263. The van der Waals surface area contributed by atoms with Gasteiger partial charge in [0, 0.05) is 28.9 Å². The lowest BCUT2D eigenvalue weighted by molar-refractivity contribution is 0.184. The third-order valence-corrected chi connectivity index (χ3v) is 5.06. The fourth-order valence-electron chi connectivity index (χ4n) is 2.55. The number of aliphatic hydroxyl groups excluding tert-OH is 1. The highest BCUT2D eigenvalue weighted by molar-refractivity contribution is 14.0. The number of benzene rings is 1. The molecule has 0 amide bonds. The number of rotatable bonds is 5. The van der Waals surface area contributed by atoms with Gasteiger partial charge in [-0.1, -0.05) is 24.3 Å². The van der Waals surface area contributed by atoms with Crippen LogP contribution in [0.4, 0.5) is 0 Å². The molecule has 0 spiro atoms. The van der Waals surface area contributed by atoms with Crippen molar-refractivity contribution in [3.05, 3.63) is 64.8 Å². The molecule has 0 bridgehead atoms. The van der Waals surface area contributed by atoms with Crippen molar-refractivity contribution in [1.82, 2.24) is 15.6 Å². The molecule has 138 valence electrons. The maximum Gasteiger partial charge on any atom is 0.191 e. The monoisotopic (exact) mass is 482 g/mol. The summed E-state index contributed by atoms with van der Waals surface area (Å²) in [5.74, 6) is 0.642. The van der Waals surface area contributed by atoms with Gasteiger partial charge in [-0.15, -0.1) is 35.3 Å². The van der Waals surface area contributed by atoms with Crippen LogP contribution in [0, 0.1) is 6.92 Å². The van der Waals surface area contributed by atoms with E-state index in [0.29, 0.717) is 19.0 Å². The molecule has 2 aromatic heterocycles. The second kappa shape index (κ2) is 9.84. The van der Waals surface area contributed by atoms with E-state index in [1.165, 1.54) is 4.70 Å². The molecule has 3 aromatic rings. The summed E-state index contributed by atoms with van der Waals surface area (Å²) in [6.45, 7) is 2.95. The number of aryl methyl sites for hydroxylation is 1. The first-order valence-electron chi connectivity index (χ1n) is 8.19. The second-order valence-electron chi connectivity index (χ2n) is 5.78. The van der Waals surface area contributed by atoms with Crippen LogP contribution < -0.4 is 10.6 Å². The number of aliphatic hydroxyl groups is 1. The minimum Gasteiger partial charge on any atom is -0.386 e. The van der Waals surface area contributed by atoms with E-state index in [4.69, 9.17) is 0 Å². The summed E-state index contributed by atoms with van der Waals surface area (Å²) < 4.78 is 1.18. The highest BCUT2D eigenvalue weighted by Gasteiger charge is 2.12. The maximum atomic E-state index is 10.4. The SMILES string of the molecule is CN=C(NCc1cccc(C)n1)NCC(O)c1cc2ccccc2s1.I. The van der Waals surface area contributed by atoms with Crippen molar-refractivity contribution >= 4 is 51.4 Å². The van der Waals surface area contributed by atoms with E-state index in [1.54, 1.807) is 18.4 Å². The van der Waals surface area contributed by atoms with Crippen LogP contribution in [0.25, 0.3) is 10.1 Å². The van der Waals surface area contributed by atoms with Crippen molar-refractivity contribution < 1.29 is 5.11 Å². The van der Waals surface area contributed by atoms with E-state index in [0.717, 1.165) is 21.7 Å². The Balaban J connectivity index is 0.00000243. The number of fused-ring (bicyclic) bond motifs is 1. The van der Waals surface area contributed by atoms with Crippen LogP contribution in [0.1, 0.15) is 22.4 Å². The van der Waals surface area contributed by atoms with Crippen LogP contribution in [0.5, 0.6) is 0 Å². The number of aliphatic imine (C=N–C) groups is 1. The zero-order valence-electron chi connectivity index (χ0n) is 14.8. The van der Waals surface area contributed by atoms with Crippen molar-refractivity contribution in [3.63, 3.8) is 0 Å². The summed E-state index contributed by atoms with van der Waals surface area (Å²) in [4.78, 5) is 9.60. The van der Waals surface area contributed by atoms with Gasteiger partial charge in [0.05, 0.1) is 12.2 Å². The number of nitrogens with one attached hydrogen (secondary N) is 2. The third kappa shape index (κ3) is 5.39. The van der Waals surface area contributed by atoms with Crippen LogP contribution in [-0.2, 0) is 6.54 Å².